The molecule has 23 heavy (non-hydrogen) atoms. The van der Waals surface area contributed by atoms with E-state index in [9.17, 15) is 4.79 Å². The third-order valence-electron chi connectivity index (χ3n) is 4.22. The Morgan fingerprint density at radius 2 is 2.00 bits per heavy atom. The highest BCUT2D eigenvalue weighted by Gasteiger charge is 2.24. The molecule has 1 aromatic heterocycles. The molecule has 1 N–H and O–H groups in total. The molecule has 4 heteroatoms. The lowest BCUT2D eigenvalue weighted by Gasteiger charge is -2.12. The average Bonchev–Trinajstić information content (AvgIpc) is 2.91. The van der Waals surface area contributed by atoms with E-state index in [0.29, 0.717) is 16.5 Å². The number of anilines is 1. The Labute approximate surface area is 142 Å². The SMILES string of the molecule is Cc1cc(/C=C2\C(=O)Nc3ccc(Cl)cc32)c(C)n1CC(C)C. The lowest BCUT2D eigenvalue weighted by Crippen LogP contribution is -2.07. The van der Waals surface area contributed by atoms with Gasteiger partial charge in [-0.05, 0) is 55.7 Å². The van der Waals surface area contributed by atoms with Crippen LogP contribution in [-0.2, 0) is 11.3 Å². The second kappa shape index (κ2) is 5.89. The lowest BCUT2D eigenvalue weighted by atomic mass is 10.0. The molecule has 3 nitrogen and oxygen atoms in total. The second-order valence-corrected chi connectivity index (χ2v) is 6.97. The fraction of sp³-hybridized carbons (Fsp3) is 0.316. The molecule has 0 atom stereocenters. The highest BCUT2D eigenvalue weighted by Crippen LogP contribution is 2.35. The zero-order chi connectivity index (χ0) is 16.7. The van der Waals surface area contributed by atoms with Crippen LogP contribution < -0.4 is 5.32 Å². The Hall–Kier alpha value is -2.00. The summed E-state index contributed by atoms with van der Waals surface area (Å²) >= 11 is 6.09. The van der Waals surface area contributed by atoms with Gasteiger partial charge < -0.3 is 9.88 Å². The first-order chi connectivity index (χ1) is 10.9. The van der Waals surface area contributed by atoms with E-state index < -0.39 is 0 Å². The third-order valence-corrected chi connectivity index (χ3v) is 4.46. The second-order valence-electron chi connectivity index (χ2n) is 6.53. The van der Waals surface area contributed by atoms with Crippen LogP contribution in [0.3, 0.4) is 0 Å². The van der Waals surface area contributed by atoms with Gasteiger partial charge in [-0.3, -0.25) is 4.79 Å². The number of hydrogen-bond acceptors (Lipinski definition) is 1. The number of hydrogen-bond donors (Lipinski definition) is 1. The summed E-state index contributed by atoms with van der Waals surface area (Å²) in [6, 6.07) is 7.62. The number of aromatic nitrogens is 1. The van der Waals surface area contributed by atoms with Gasteiger partial charge in [0.15, 0.2) is 0 Å². The minimum absolute atomic E-state index is 0.0732. The van der Waals surface area contributed by atoms with Crippen LogP contribution in [0.4, 0.5) is 5.69 Å². The van der Waals surface area contributed by atoms with Gasteiger partial charge in [-0.25, -0.2) is 0 Å². The van der Waals surface area contributed by atoms with Gasteiger partial charge in [-0.15, -0.1) is 0 Å². The number of fused-ring (bicyclic) bond motifs is 1. The van der Waals surface area contributed by atoms with E-state index in [1.807, 2.05) is 18.2 Å². The molecule has 2 heterocycles. The maximum Gasteiger partial charge on any atom is 0.256 e. The summed E-state index contributed by atoms with van der Waals surface area (Å²) in [6.07, 6.45) is 1.97. The molecule has 1 aliphatic rings. The highest BCUT2D eigenvalue weighted by atomic mass is 35.5. The molecule has 2 aromatic rings. The highest BCUT2D eigenvalue weighted by molar-refractivity contribution is 6.36. The maximum absolute atomic E-state index is 12.3. The summed E-state index contributed by atoms with van der Waals surface area (Å²) < 4.78 is 2.31. The predicted octanol–water partition coefficient (Wildman–Crippen LogP) is 4.91. The molecule has 0 spiro atoms. The molecule has 0 bridgehead atoms. The standard InChI is InChI=1S/C19H21ClN2O/c1-11(2)10-22-12(3)7-14(13(22)4)8-17-16-9-15(20)5-6-18(16)21-19(17)23/h5-9,11H,10H2,1-4H3,(H,21,23)/b17-8-. The van der Waals surface area contributed by atoms with Crippen LogP contribution in [-0.4, -0.2) is 10.5 Å². The summed E-state index contributed by atoms with van der Waals surface area (Å²) in [5, 5.41) is 3.53. The van der Waals surface area contributed by atoms with Crippen molar-refractivity contribution in [3.63, 3.8) is 0 Å². The topological polar surface area (TPSA) is 34.0 Å². The van der Waals surface area contributed by atoms with Crippen LogP contribution in [0.1, 0.15) is 36.4 Å². The largest absolute Gasteiger partial charge is 0.348 e. The molecule has 0 unspecified atom stereocenters. The molecule has 0 fully saturated rings. The summed E-state index contributed by atoms with van der Waals surface area (Å²) in [6.45, 7) is 9.61. The molecule has 0 aliphatic carbocycles. The number of benzene rings is 1. The molecular weight excluding hydrogens is 308 g/mol. The Bertz CT molecular complexity index is 815. The number of aryl methyl sites for hydroxylation is 1. The van der Waals surface area contributed by atoms with E-state index in [4.69, 9.17) is 11.6 Å². The predicted molar refractivity (Wildman–Crippen MR) is 96.7 cm³/mol. The number of carbonyl (C=O) groups is 1. The molecular formula is C19H21ClN2O. The van der Waals surface area contributed by atoms with E-state index in [1.54, 1.807) is 6.07 Å². The third kappa shape index (κ3) is 2.93. The van der Waals surface area contributed by atoms with E-state index in [1.165, 1.54) is 11.4 Å². The molecule has 0 radical (unpaired) electrons. The average molecular weight is 329 g/mol. The number of nitrogens with zero attached hydrogens (tertiary/aromatic N) is 1. The minimum Gasteiger partial charge on any atom is -0.348 e. The molecule has 1 aromatic carbocycles. The Balaban J connectivity index is 2.07. The van der Waals surface area contributed by atoms with Crippen molar-refractivity contribution in [2.45, 2.75) is 34.2 Å². The number of rotatable bonds is 3. The number of nitrogens with one attached hydrogen (secondary N) is 1. The quantitative estimate of drug-likeness (QED) is 0.798. The van der Waals surface area contributed by atoms with E-state index in [0.717, 1.165) is 23.4 Å². The van der Waals surface area contributed by atoms with Crippen LogP contribution in [0.5, 0.6) is 0 Å². The summed E-state index contributed by atoms with van der Waals surface area (Å²) in [4.78, 5) is 12.3. The fourth-order valence-corrected chi connectivity index (χ4v) is 3.25. The number of carbonyl (C=O) groups excluding carboxylic acids is 1. The molecule has 0 saturated heterocycles. The smallest absolute Gasteiger partial charge is 0.256 e. The molecule has 120 valence electrons. The van der Waals surface area contributed by atoms with Gasteiger partial charge >= 0.3 is 0 Å². The Kier molecular flexibility index (Phi) is 4.07. The van der Waals surface area contributed by atoms with E-state index in [-0.39, 0.29) is 5.91 Å². The van der Waals surface area contributed by atoms with Crippen molar-refractivity contribution in [2.24, 2.45) is 5.92 Å². The molecule has 3 rings (SSSR count). The Morgan fingerprint density at radius 1 is 1.26 bits per heavy atom. The van der Waals surface area contributed by atoms with Gasteiger partial charge in [-0.1, -0.05) is 25.4 Å². The normalized spacial score (nSPS) is 15.4. The van der Waals surface area contributed by atoms with Crippen LogP contribution in [0.2, 0.25) is 5.02 Å². The van der Waals surface area contributed by atoms with Crippen molar-refractivity contribution < 1.29 is 4.79 Å². The van der Waals surface area contributed by atoms with Crippen LogP contribution in [0.15, 0.2) is 24.3 Å². The summed E-state index contributed by atoms with van der Waals surface area (Å²) in [5.41, 5.74) is 5.85. The summed E-state index contributed by atoms with van der Waals surface area (Å²) in [7, 11) is 0. The van der Waals surface area contributed by atoms with Gasteiger partial charge in [0.2, 0.25) is 0 Å². The molecule has 1 aliphatic heterocycles. The minimum atomic E-state index is -0.0732. The van der Waals surface area contributed by atoms with Crippen molar-refractivity contribution in [2.75, 3.05) is 5.32 Å². The van der Waals surface area contributed by atoms with Crippen molar-refractivity contribution >= 4 is 34.8 Å². The van der Waals surface area contributed by atoms with Gasteiger partial charge in [0.05, 0.1) is 0 Å². The monoisotopic (exact) mass is 328 g/mol. The molecule has 1 amide bonds. The van der Waals surface area contributed by atoms with Crippen LogP contribution >= 0.6 is 11.6 Å². The van der Waals surface area contributed by atoms with Crippen molar-refractivity contribution in [3.8, 4) is 0 Å². The van der Waals surface area contributed by atoms with E-state index in [2.05, 4.69) is 43.6 Å². The fourth-order valence-electron chi connectivity index (χ4n) is 3.08. The first-order valence-corrected chi connectivity index (χ1v) is 8.24. The lowest BCUT2D eigenvalue weighted by molar-refractivity contribution is -0.110. The number of halogens is 1. The van der Waals surface area contributed by atoms with Crippen molar-refractivity contribution in [3.05, 3.63) is 51.8 Å². The van der Waals surface area contributed by atoms with Gasteiger partial charge in [0.1, 0.15) is 0 Å². The number of amides is 1. The first-order valence-electron chi connectivity index (χ1n) is 7.86. The molecule has 0 saturated carbocycles. The van der Waals surface area contributed by atoms with Crippen LogP contribution in [0.25, 0.3) is 11.6 Å². The van der Waals surface area contributed by atoms with E-state index >= 15 is 0 Å². The summed E-state index contributed by atoms with van der Waals surface area (Å²) in [5.74, 6) is 0.505. The van der Waals surface area contributed by atoms with Gasteiger partial charge in [0.25, 0.3) is 5.91 Å². The van der Waals surface area contributed by atoms with Crippen molar-refractivity contribution in [1.29, 1.82) is 0 Å². The maximum atomic E-state index is 12.3. The van der Waals surface area contributed by atoms with Crippen LogP contribution in [0, 0.1) is 19.8 Å². The first kappa shape index (κ1) is 15.9. The van der Waals surface area contributed by atoms with Gasteiger partial charge in [0, 0.05) is 39.8 Å². The zero-order valence-electron chi connectivity index (χ0n) is 13.9. The van der Waals surface area contributed by atoms with Crippen molar-refractivity contribution in [1.82, 2.24) is 4.57 Å². The Morgan fingerprint density at radius 3 is 2.70 bits per heavy atom. The zero-order valence-corrected chi connectivity index (χ0v) is 14.7. The van der Waals surface area contributed by atoms with Gasteiger partial charge in [-0.2, -0.15) is 0 Å².